The van der Waals surface area contributed by atoms with E-state index in [1.54, 1.807) is 0 Å². The zero-order valence-corrected chi connectivity index (χ0v) is 10.7. The molecular weight excluding hydrogens is 242 g/mol. The summed E-state index contributed by atoms with van der Waals surface area (Å²) in [7, 11) is 0. The van der Waals surface area contributed by atoms with Crippen LogP contribution in [0.3, 0.4) is 0 Å². The molecule has 98 valence electrons. The number of carbonyl (C=O) groups is 1. The molecule has 1 heterocycles. The lowest BCUT2D eigenvalue weighted by atomic mass is 10.2. The topological polar surface area (TPSA) is 70.1 Å². The van der Waals surface area contributed by atoms with Crippen molar-refractivity contribution in [2.75, 3.05) is 0 Å². The molecule has 19 heavy (non-hydrogen) atoms. The van der Waals surface area contributed by atoms with E-state index in [0.717, 1.165) is 24.2 Å². The number of aryl methyl sites for hydroxylation is 1. The van der Waals surface area contributed by atoms with Gasteiger partial charge in [-0.3, -0.25) is 0 Å². The van der Waals surface area contributed by atoms with Crippen molar-refractivity contribution >= 4 is 6.03 Å². The second-order valence-corrected chi connectivity index (χ2v) is 4.73. The van der Waals surface area contributed by atoms with E-state index < -0.39 is 6.03 Å². The summed E-state index contributed by atoms with van der Waals surface area (Å²) in [6.07, 6.45) is 2.15. The molecule has 1 aliphatic carbocycles. The molecule has 2 N–H and O–H groups in total. The molecule has 0 atom stereocenters. The van der Waals surface area contributed by atoms with Gasteiger partial charge in [0.2, 0.25) is 0 Å². The quantitative estimate of drug-likeness (QED) is 0.919. The maximum Gasteiger partial charge on any atom is 0.327 e. The van der Waals surface area contributed by atoms with E-state index in [2.05, 4.69) is 4.98 Å². The fraction of sp³-hybridized carbons (Fsp3) is 0.286. The largest absolute Gasteiger partial charge is 0.425 e. The number of imidazole rings is 1. The third-order valence-electron chi connectivity index (χ3n) is 3.20. The van der Waals surface area contributed by atoms with Gasteiger partial charge in [0, 0.05) is 5.92 Å². The summed E-state index contributed by atoms with van der Waals surface area (Å²) in [5.41, 5.74) is 7.15. The van der Waals surface area contributed by atoms with Crippen molar-refractivity contribution in [2.45, 2.75) is 25.7 Å². The van der Waals surface area contributed by atoms with Crippen molar-refractivity contribution in [2.24, 2.45) is 5.73 Å². The minimum atomic E-state index is -0.548. The van der Waals surface area contributed by atoms with Crippen LogP contribution in [0.15, 0.2) is 30.3 Å². The number of para-hydroxylation sites is 1. The number of hydrogen-bond donors (Lipinski definition) is 1. The van der Waals surface area contributed by atoms with Gasteiger partial charge in [0.15, 0.2) is 0 Å². The number of aromatic nitrogens is 2. The molecular formula is C14H15N3O2. The van der Waals surface area contributed by atoms with Crippen LogP contribution in [-0.4, -0.2) is 15.6 Å². The zero-order chi connectivity index (χ0) is 13.4. The van der Waals surface area contributed by atoms with Gasteiger partial charge in [-0.15, -0.1) is 0 Å². The van der Waals surface area contributed by atoms with Gasteiger partial charge in [-0.1, -0.05) is 18.2 Å². The minimum absolute atomic E-state index is 0.248. The third kappa shape index (κ3) is 2.19. The Morgan fingerprint density at radius 3 is 2.63 bits per heavy atom. The smallest absolute Gasteiger partial charge is 0.327 e. The number of hydrogen-bond acceptors (Lipinski definition) is 3. The molecule has 1 aliphatic rings. The molecule has 2 aromatic rings. The van der Waals surface area contributed by atoms with Crippen molar-refractivity contribution in [3.8, 4) is 11.8 Å². The molecule has 1 fully saturated rings. The van der Waals surface area contributed by atoms with E-state index >= 15 is 0 Å². The van der Waals surface area contributed by atoms with Gasteiger partial charge in [0.1, 0.15) is 5.75 Å². The predicted octanol–water partition coefficient (Wildman–Crippen LogP) is 2.79. The van der Waals surface area contributed by atoms with Crippen molar-refractivity contribution in [3.63, 3.8) is 0 Å². The molecule has 0 saturated heterocycles. The fourth-order valence-corrected chi connectivity index (χ4v) is 2.23. The van der Waals surface area contributed by atoms with E-state index in [0.29, 0.717) is 11.7 Å². The lowest BCUT2D eigenvalue weighted by Gasteiger charge is -2.07. The highest BCUT2D eigenvalue weighted by Crippen LogP contribution is 2.43. The van der Waals surface area contributed by atoms with Gasteiger partial charge in [-0.25, -0.2) is 9.36 Å². The van der Waals surface area contributed by atoms with Gasteiger partial charge < -0.3 is 10.5 Å². The molecule has 0 unspecified atom stereocenters. The zero-order valence-electron chi connectivity index (χ0n) is 10.7. The number of ether oxygens (including phenoxy) is 1. The average Bonchev–Trinajstić information content (AvgIpc) is 3.15. The Hall–Kier alpha value is -2.30. The van der Waals surface area contributed by atoms with Crippen molar-refractivity contribution in [3.05, 3.63) is 41.7 Å². The highest BCUT2D eigenvalue weighted by atomic mass is 16.5. The number of benzene rings is 1. The highest BCUT2D eigenvalue weighted by molar-refractivity contribution is 5.77. The van der Waals surface area contributed by atoms with E-state index in [-0.39, 0.29) is 6.01 Å². The monoisotopic (exact) mass is 257 g/mol. The number of amides is 1. The molecule has 3 rings (SSSR count). The normalized spacial score (nSPS) is 14.4. The van der Waals surface area contributed by atoms with Crippen molar-refractivity contribution in [1.82, 2.24) is 9.55 Å². The maximum atomic E-state index is 11.6. The summed E-state index contributed by atoms with van der Waals surface area (Å²) < 4.78 is 7.05. The van der Waals surface area contributed by atoms with Crippen LogP contribution in [0, 0.1) is 6.92 Å². The molecule has 0 radical (unpaired) electrons. The van der Waals surface area contributed by atoms with Gasteiger partial charge in [0.25, 0.3) is 0 Å². The number of rotatable bonds is 3. The summed E-state index contributed by atoms with van der Waals surface area (Å²) in [6.45, 7) is 1.88. The van der Waals surface area contributed by atoms with E-state index in [1.807, 2.05) is 37.3 Å². The van der Waals surface area contributed by atoms with Crippen LogP contribution in [-0.2, 0) is 0 Å². The van der Waals surface area contributed by atoms with Gasteiger partial charge in [0.05, 0.1) is 11.4 Å². The van der Waals surface area contributed by atoms with Crippen LogP contribution in [0.4, 0.5) is 4.79 Å². The van der Waals surface area contributed by atoms with Crippen molar-refractivity contribution < 1.29 is 9.53 Å². The number of carbonyl (C=O) groups excluding carboxylic acids is 1. The molecule has 1 saturated carbocycles. The summed E-state index contributed by atoms with van der Waals surface area (Å²) >= 11 is 0. The lowest BCUT2D eigenvalue weighted by molar-refractivity contribution is 0.247. The van der Waals surface area contributed by atoms with Gasteiger partial charge in [-0.05, 0) is 31.9 Å². The molecule has 0 spiro atoms. The summed E-state index contributed by atoms with van der Waals surface area (Å²) in [6, 6.07) is 8.95. The Kier molecular flexibility index (Phi) is 2.74. The molecule has 1 aromatic heterocycles. The van der Waals surface area contributed by atoms with Crippen LogP contribution in [0.2, 0.25) is 0 Å². The maximum absolute atomic E-state index is 11.6. The molecule has 5 heteroatoms. The number of nitrogens with two attached hydrogens (primary N) is 1. The Labute approximate surface area is 111 Å². The first kappa shape index (κ1) is 11.8. The molecule has 0 aliphatic heterocycles. The summed E-state index contributed by atoms with van der Waals surface area (Å²) in [4.78, 5) is 16.0. The van der Waals surface area contributed by atoms with Gasteiger partial charge in [-0.2, -0.15) is 4.98 Å². The second-order valence-electron chi connectivity index (χ2n) is 4.73. The Bertz CT molecular complexity index is 615. The third-order valence-corrected chi connectivity index (χ3v) is 3.20. The Morgan fingerprint density at radius 1 is 1.37 bits per heavy atom. The Balaban J connectivity index is 2.01. The summed E-state index contributed by atoms with van der Waals surface area (Å²) in [5.74, 6) is 1.02. The standard InChI is InChI=1S/C14H15N3O2/c1-9-12(10-7-8-10)17(13(15)18)14(16-9)19-11-5-3-2-4-6-11/h2-6,10H,7-8H2,1H3,(H2,15,18). The van der Waals surface area contributed by atoms with Crippen LogP contribution >= 0.6 is 0 Å². The SMILES string of the molecule is Cc1nc(Oc2ccccc2)n(C(N)=O)c1C1CC1. The minimum Gasteiger partial charge on any atom is -0.425 e. The molecule has 1 aromatic carbocycles. The highest BCUT2D eigenvalue weighted by Gasteiger charge is 2.33. The van der Waals surface area contributed by atoms with E-state index in [4.69, 9.17) is 10.5 Å². The van der Waals surface area contributed by atoms with Gasteiger partial charge >= 0.3 is 12.0 Å². The number of nitrogens with zero attached hydrogens (tertiary/aromatic N) is 2. The fourth-order valence-electron chi connectivity index (χ4n) is 2.23. The van der Waals surface area contributed by atoms with Crippen LogP contribution in [0.5, 0.6) is 11.8 Å². The lowest BCUT2D eigenvalue weighted by Crippen LogP contribution is -2.22. The van der Waals surface area contributed by atoms with Crippen LogP contribution in [0.1, 0.15) is 30.1 Å². The van der Waals surface area contributed by atoms with Crippen LogP contribution in [0.25, 0.3) is 0 Å². The predicted molar refractivity (Wildman–Crippen MR) is 70.4 cm³/mol. The second kappa shape index (κ2) is 4.42. The van der Waals surface area contributed by atoms with E-state index in [9.17, 15) is 4.79 Å². The number of primary amides is 1. The Morgan fingerprint density at radius 2 is 2.05 bits per heavy atom. The first-order chi connectivity index (χ1) is 9.16. The molecule has 0 bridgehead atoms. The first-order valence-electron chi connectivity index (χ1n) is 6.28. The van der Waals surface area contributed by atoms with Crippen molar-refractivity contribution in [1.29, 1.82) is 0 Å². The van der Waals surface area contributed by atoms with Crippen LogP contribution < -0.4 is 10.5 Å². The average molecular weight is 257 g/mol. The molecule has 5 nitrogen and oxygen atoms in total. The molecule has 1 amide bonds. The summed E-state index contributed by atoms with van der Waals surface area (Å²) in [5, 5.41) is 0. The van der Waals surface area contributed by atoms with E-state index in [1.165, 1.54) is 4.57 Å². The first-order valence-corrected chi connectivity index (χ1v) is 6.28.